The summed E-state index contributed by atoms with van der Waals surface area (Å²) in [6.45, 7) is 2.06. The molecule has 1 aromatic rings. The van der Waals surface area contributed by atoms with E-state index in [1.165, 1.54) is 11.3 Å². The average molecular weight is 236 g/mol. The highest BCUT2D eigenvalue weighted by molar-refractivity contribution is 7.11. The van der Waals surface area contributed by atoms with Crippen LogP contribution in [0.3, 0.4) is 0 Å². The van der Waals surface area contributed by atoms with Gasteiger partial charge in [0.15, 0.2) is 5.78 Å². The number of carbonyl (C=O) groups excluding carboxylic acids is 2. The molecule has 16 heavy (non-hydrogen) atoms. The van der Waals surface area contributed by atoms with E-state index in [-0.39, 0.29) is 5.78 Å². The third kappa shape index (κ3) is 1.93. The number of thiophene rings is 1. The summed E-state index contributed by atoms with van der Waals surface area (Å²) in [5.41, 5.74) is 0.660. The van der Waals surface area contributed by atoms with Crippen LogP contribution < -0.4 is 0 Å². The predicted molar refractivity (Wildman–Crippen MR) is 62.0 cm³/mol. The number of ketones is 1. The Morgan fingerprint density at radius 1 is 1.62 bits per heavy atom. The Morgan fingerprint density at radius 3 is 3.06 bits per heavy atom. The Labute approximate surface area is 97.7 Å². The van der Waals surface area contributed by atoms with Crippen LogP contribution in [0, 0.1) is 5.92 Å². The second kappa shape index (κ2) is 4.61. The van der Waals surface area contributed by atoms with E-state index in [1.807, 2.05) is 23.6 Å². The smallest absolute Gasteiger partial charge is 0.317 e. The zero-order chi connectivity index (χ0) is 11.5. The zero-order valence-electron chi connectivity index (χ0n) is 8.93. The molecule has 1 unspecified atom stereocenters. The van der Waals surface area contributed by atoms with Gasteiger partial charge in [-0.05, 0) is 24.8 Å². The first-order valence-corrected chi connectivity index (χ1v) is 6.07. The second-order valence-corrected chi connectivity index (χ2v) is 4.45. The summed E-state index contributed by atoms with van der Waals surface area (Å²) in [5, 5.41) is 1.92. The summed E-state index contributed by atoms with van der Waals surface area (Å²) in [6.07, 6.45) is 2.29. The van der Waals surface area contributed by atoms with Crippen LogP contribution in [0.25, 0.3) is 5.57 Å². The van der Waals surface area contributed by atoms with Crippen LogP contribution in [-0.2, 0) is 14.3 Å². The Hall–Kier alpha value is -1.42. The Kier molecular flexibility index (Phi) is 3.19. The van der Waals surface area contributed by atoms with Crippen LogP contribution in [0.5, 0.6) is 0 Å². The zero-order valence-corrected chi connectivity index (χ0v) is 9.75. The van der Waals surface area contributed by atoms with E-state index in [2.05, 4.69) is 0 Å². The van der Waals surface area contributed by atoms with Crippen molar-refractivity contribution in [2.75, 3.05) is 6.61 Å². The molecule has 0 fully saturated rings. The number of esters is 1. The summed E-state index contributed by atoms with van der Waals surface area (Å²) in [7, 11) is 0. The van der Waals surface area contributed by atoms with Crippen LogP contribution in [0.4, 0.5) is 0 Å². The van der Waals surface area contributed by atoms with Crippen molar-refractivity contribution in [1.29, 1.82) is 0 Å². The van der Waals surface area contributed by atoms with Crippen molar-refractivity contribution in [3.05, 3.63) is 28.5 Å². The molecule has 0 aliphatic heterocycles. The van der Waals surface area contributed by atoms with E-state index >= 15 is 0 Å². The number of hydrogen-bond acceptors (Lipinski definition) is 4. The second-order valence-electron chi connectivity index (χ2n) is 3.50. The van der Waals surface area contributed by atoms with E-state index in [1.54, 1.807) is 6.92 Å². The molecule has 0 saturated heterocycles. The van der Waals surface area contributed by atoms with Crippen molar-refractivity contribution in [1.82, 2.24) is 0 Å². The van der Waals surface area contributed by atoms with Crippen LogP contribution >= 0.6 is 11.3 Å². The van der Waals surface area contributed by atoms with E-state index in [0.717, 1.165) is 4.88 Å². The number of Topliss-reactive ketones (excluding diaryl/α,β-unsaturated/α-hetero) is 1. The molecule has 1 aliphatic rings. The molecule has 0 aromatic carbocycles. The van der Waals surface area contributed by atoms with Crippen molar-refractivity contribution in [2.24, 2.45) is 5.92 Å². The van der Waals surface area contributed by atoms with Crippen LogP contribution in [0.15, 0.2) is 23.6 Å². The van der Waals surface area contributed by atoms with E-state index in [0.29, 0.717) is 18.6 Å². The molecule has 1 aromatic heterocycles. The highest BCUT2D eigenvalue weighted by atomic mass is 32.1. The summed E-state index contributed by atoms with van der Waals surface area (Å²) in [5.74, 6) is -1.15. The van der Waals surface area contributed by atoms with E-state index in [4.69, 9.17) is 4.74 Å². The Morgan fingerprint density at radius 2 is 2.44 bits per heavy atom. The minimum absolute atomic E-state index is 0.110. The maximum atomic E-state index is 12.0. The van der Waals surface area contributed by atoms with Crippen molar-refractivity contribution >= 4 is 28.7 Å². The fraction of sp³-hybridized carbons (Fsp3) is 0.333. The van der Waals surface area contributed by atoms with Crippen molar-refractivity contribution < 1.29 is 14.3 Å². The van der Waals surface area contributed by atoms with Gasteiger partial charge >= 0.3 is 5.97 Å². The molecule has 3 nitrogen and oxygen atoms in total. The first-order valence-electron chi connectivity index (χ1n) is 5.19. The lowest BCUT2D eigenvalue weighted by Gasteiger charge is -2.07. The molecule has 1 aliphatic carbocycles. The molecule has 2 rings (SSSR count). The number of rotatable bonds is 3. The maximum Gasteiger partial charge on any atom is 0.317 e. The van der Waals surface area contributed by atoms with Crippen LogP contribution in [0.1, 0.15) is 18.2 Å². The summed E-state index contributed by atoms with van der Waals surface area (Å²) >= 11 is 1.51. The van der Waals surface area contributed by atoms with Gasteiger partial charge in [-0.25, -0.2) is 0 Å². The quantitative estimate of drug-likeness (QED) is 0.597. The van der Waals surface area contributed by atoms with Crippen LogP contribution in [-0.4, -0.2) is 18.4 Å². The molecule has 1 heterocycles. The minimum Gasteiger partial charge on any atom is -0.465 e. The number of allylic oxidation sites excluding steroid dienone is 2. The van der Waals surface area contributed by atoms with Crippen molar-refractivity contribution in [3.63, 3.8) is 0 Å². The Bertz CT molecular complexity index is 431. The lowest BCUT2D eigenvalue weighted by Crippen LogP contribution is -2.22. The predicted octanol–water partition coefficient (Wildman–Crippen LogP) is 2.28. The largest absolute Gasteiger partial charge is 0.465 e. The monoisotopic (exact) mass is 236 g/mol. The Balaban J connectivity index is 2.12. The molecule has 0 spiro atoms. The number of hydrogen-bond donors (Lipinski definition) is 0. The molecule has 0 bridgehead atoms. The van der Waals surface area contributed by atoms with E-state index in [9.17, 15) is 9.59 Å². The van der Waals surface area contributed by atoms with E-state index < -0.39 is 11.9 Å². The van der Waals surface area contributed by atoms with Gasteiger partial charge in [-0.1, -0.05) is 12.1 Å². The molecule has 0 radical (unpaired) electrons. The van der Waals surface area contributed by atoms with Gasteiger partial charge in [0, 0.05) is 10.5 Å². The highest BCUT2D eigenvalue weighted by Crippen LogP contribution is 2.31. The van der Waals surface area contributed by atoms with Gasteiger partial charge in [0.2, 0.25) is 0 Å². The fourth-order valence-electron chi connectivity index (χ4n) is 1.73. The molecule has 1 atom stereocenters. The lowest BCUT2D eigenvalue weighted by atomic mass is 10.0. The molecular formula is C12H12O3S. The summed E-state index contributed by atoms with van der Waals surface area (Å²) in [6, 6.07) is 3.79. The SMILES string of the molecule is CCOC(=O)C1CC=C(c2cccs2)C1=O. The average Bonchev–Trinajstić information content (AvgIpc) is 2.86. The third-order valence-corrected chi connectivity index (χ3v) is 3.40. The minimum atomic E-state index is -0.628. The normalized spacial score (nSPS) is 19.7. The highest BCUT2D eigenvalue weighted by Gasteiger charge is 2.34. The topological polar surface area (TPSA) is 43.4 Å². The van der Waals surface area contributed by atoms with Gasteiger partial charge in [0.1, 0.15) is 5.92 Å². The molecule has 0 N–H and O–H groups in total. The van der Waals surface area contributed by atoms with Gasteiger partial charge < -0.3 is 4.74 Å². The number of carbonyl (C=O) groups is 2. The maximum absolute atomic E-state index is 12.0. The number of ether oxygens (including phenoxy) is 1. The standard InChI is InChI=1S/C12H12O3S/c1-2-15-12(14)9-6-5-8(11(9)13)10-4-3-7-16-10/h3-5,7,9H,2,6H2,1H3. The van der Waals surface area contributed by atoms with Crippen molar-refractivity contribution in [2.45, 2.75) is 13.3 Å². The van der Waals surface area contributed by atoms with Gasteiger partial charge in [0.05, 0.1) is 6.61 Å². The van der Waals surface area contributed by atoms with Crippen molar-refractivity contribution in [3.8, 4) is 0 Å². The van der Waals surface area contributed by atoms with Crippen LogP contribution in [0.2, 0.25) is 0 Å². The lowest BCUT2D eigenvalue weighted by molar-refractivity contribution is -0.149. The molecule has 4 heteroatoms. The molecule has 0 saturated carbocycles. The first kappa shape index (κ1) is 11.1. The molecular weight excluding hydrogens is 224 g/mol. The summed E-state index contributed by atoms with van der Waals surface area (Å²) < 4.78 is 4.87. The fourth-order valence-corrected chi connectivity index (χ4v) is 2.50. The van der Waals surface area contributed by atoms with Gasteiger partial charge in [-0.3, -0.25) is 9.59 Å². The first-order chi connectivity index (χ1) is 7.74. The van der Waals surface area contributed by atoms with Gasteiger partial charge in [-0.2, -0.15) is 0 Å². The third-order valence-electron chi connectivity index (χ3n) is 2.50. The summed E-state index contributed by atoms with van der Waals surface area (Å²) in [4.78, 5) is 24.4. The van der Waals surface area contributed by atoms with Gasteiger partial charge in [0.25, 0.3) is 0 Å². The molecule has 84 valence electrons. The molecule has 0 amide bonds. The van der Waals surface area contributed by atoms with Gasteiger partial charge in [-0.15, -0.1) is 11.3 Å².